The molecule has 220 valence electrons. The molecule has 3 saturated heterocycles. The number of morpholine rings is 1. The zero-order valence-corrected chi connectivity index (χ0v) is 24.1. The largest absolute Gasteiger partial charge is 0.452 e. The summed E-state index contributed by atoms with van der Waals surface area (Å²) in [5, 5.41) is 6.77. The number of amides is 2. The SMILES string of the molecule is CN1CCN(CCNC(=O)Nc2ccc3c(c2)C(=O)C(=Cc2cn(C)c4nccc(N5CC6CCC(C5)O6)c24)O3)CC1. The number of fused-ring (bicyclic) bond motifs is 4. The van der Waals surface area contributed by atoms with Crippen molar-refractivity contribution in [2.45, 2.75) is 25.0 Å². The Kier molecular flexibility index (Phi) is 7.09. The van der Waals surface area contributed by atoms with E-state index >= 15 is 0 Å². The van der Waals surface area contributed by atoms with Gasteiger partial charge < -0.3 is 34.5 Å². The van der Waals surface area contributed by atoms with E-state index in [1.54, 1.807) is 18.2 Å². The van der Waals surface area contributed by atoms with Crippen molar-refractivity contribution >= 4 is 40.3 Å². The average molecular weight is 572 g/mol. The summed E-state index contributed by atoms with van der Waals surface area (Å²) in [7, 11) is 4.09. The number of carbonyl (C=O) groups excluding carboxylic acids is 2. The number of allylic oxidation sites excluding steroid dienone is 1. The molecule has 3 fully saturated rings. The second-order valence-electron chi connectivity index (χ2n) is 11.8. The number of carbonyl (C=O) groups is 2. The summed E-state index contributed by atoms with van der Waals surface area (Å²) in [4.78, 5) is 37.7. The molecule has 0 radical (unpaired) electrons. The van der Waals surface area contributed by atoms with Gasteiger partial charge in [0.05, 0.1) is 23.5 Å². The van der Waals surface area contributed by atoms with Crippen LogP contribution in [0.15, 0.2) is 42.4 Å². The zero-order chi connectivity index (χ0) is 28.8. The van der Waals surface area contributed by atoms with Gasteiger partial charge in [-0.05, 0) is 50.2 Å². The maximum atomic E-state index is 13.5. The standard InChI is InChI=1S/C31H37N7O4/c1-35-11-13-37(14-12-35)10-9-33-31(40)34-21-3-6-26-24(16-21)29(39)27(42-26)15-20-17-36(2)30-28(20)25(7-8-32-30)38-18-22-4-5-23(19-38)41-22/h3,6-8,15-17,22-23H,4-5,9-14,18-19H2,1-2H3,(H2,33,34,40). The second-order valence-corrected chi connectivity index (χ2v) is 11.8. The van der Waals surface area contributed by atoms with Crippen molar-refractivity contribution in [3.05, 3.63) is 53.5 Å². The summed E-state index contributed by atoms with van der Waals surface area (Å²) in [6, 6.07) is 6.92. The Morgan fingerprint density at radius 3 is 2.67 bits per heavy atom. The number of anilines is 2. The van der Waals surface area contributed by atoms with Crippen LogP contribution in [0.1, 0.15) is 28.8 Å². The van der Waals surface area contributed by atoms with E-state index in [-0.39, 0.29) is 29.8 Å². The molecule has 0 spiro atoms. The number of nitrogens with zero attached hydrogens (tertiary/aromatic N) is 5. The lowest BCUT2D eigenvalue weighted by Gasteiger charge is -2.34. The molecule has 11 nitrogen and oxygen atoms in total. The summed E-state index contributed by atoms with van der Waals surface area (Å²) in [6.45, 7) is 7.16. The van der Waals surface area contributed by atoms with Crippen molar-refractivity contribution in [3.8, 4) is 5.75 Å². The van der Waals surface area contributed by atoms with Crippen LogP contribution >= 0.6 is 0 Å². The fourth-order valence-corrected chi connectivity index (χ4v) is 6.49. The molecule has 11 heteroatoms. The third-order valence-corrected chi connectivity index (χ3v) is 8.77. The first kappa shape index (κ1) is 26.9. The first-order chi connectivity index (χ1) is 20.4. The predicted octanol–water partition coefficient (Wildman–Crippen LogP) is 2.93. The molecule has 2 N–H and O–H groups in total. The summed E-state index contributed by atoms with van der Waals surface area (Å²) in [5.41, 5.74) is 3.80. The van der Waals surface area contributed by atoms with E-state index < -0.39 is 0 Å². The monoisotopic (exact) mass is 571 g/mol. The Bertz CT molecular complexity index is 1550. The van der Waals surface area contributed by atoms with E-state index in [0.717, 1.165) is 80.9 Å². The van der Waals surface area contributed by atoms with Crippen molar-refractivity contribution in [3.63, 3.8) is 0 Å². The van der Waals surface area contributed by atoms with Gasteiger partial charge in [-0.15, -0.1) is 0 Å². The van der Waals surface area contributed by atoms with E-state index in [1.807, 2.05) is 30.1 Å². The number of rotatable bonds is 6. The van der Waals surface area contributed by atoms with Crippen LogP contribution in [0.3, 0.4) is 0 Å². The fourth-order valence-electron chi connectivity index (χ4n) is 6.49. The van der Waals surface area contributed by atoms with E-state index in [1.165, 1.54) is 0 Å². The number of ketones is 1. The van der Waals surface area contributed by atoms with Gasteiger partial charge >= 0.3 is 6.03 Å². The number of hydrogen-bond donors (Lipinski definition) is 2. The fraction of sp³-hybridized carbons (Fsp3) is 0.452. The molecule has 2 atom stereocenters. The number of aromatic nitrogens is 2. The Morgan fingerprint density at radius 1 is 1.10 bits per heavy atom. The van der Waals surface area contributed by atoms with E-state index in [0.29, 0.717) is 23.5 Å². The Balaban J connectivity index is 1.06. The van der Waals surface area contributed by atoms with Gasteiger partial charge in [0.1, 0.15) is 11.4 Å². The minimum absolute atomic E-state index is 0.212. The van der Waals surface area contributed by atoms with Crippen LogP contribution in [0, 0.1) is 0 Å². The van der Waals surface area contributed by atoms with Crippen LogP contribution in [-0.4, -0.2) is 103 Å². The lowest BCUT2D eigenvalue weighted by Crippen LogP contribution is -2.47. The summed E-state index contributed by atoms with van der Waals surface area (Å²) < 4.78 is 14.1. The quantitative estimate of drug-likeness (QED) is 0.436. The number of piperazine rings is 1. The van der Waals surface area contributed by atoms with Gasteiger partial charge in [0.25, 0.3) is 0 Å². The van der Waals surface area contributed by atoms with Crippen molar-refractivity contribution in [1.29, 1.82) is 0 Å². The molecule has 0 aliphatic carbocycles. The van der Waals surface area contributed by atoms with E-state index in [9.17, 15) is 9.59 Å². The van der Waals surface area contributed by atoms with Crippen LogP contribution in [0.25, 0.3) is 17.1 Å². The summed E-state index contributed by atoms with van der Waals surface area (Å²) >= 11 is 0. The highest BCUT2D eigenvalue weighted by Crippen LogP contribution is 2.38. The van der Waals surface area contributed by atoms with Crippen molar-refractivity contribution < 1.29 is 19.1 Å². The van der Waals surface area contributed by atoms with Crippen LogP contribution < -0.4 is 20.3 Å². The number of aryl methyl sites for hydroxylation is 1. The highest BCUT2D eigenvalue weighted by Gasteiger charge is 2.35. The zero-order valence-electron chi connectivity index (χ0n) is 24.1. The number of pyridine rings is 1. The van der Waals surface area contributed by atoms with Crippen LogP contribution in [0.5, 0.6) is 5.75 Å². The van der Waals surface area contributed by atoms with Gasteiger partial charge in [0.2, 0.25) is 5.78 Å². The topological polar surface area (TPSA) is 104 Å². The van der Waals surface area contributed by atoms with Gasteiger partial charge in [-0.2, -0.15) is 0 Å². The van der Waals surface area contributed by atoms with Crippen LogP contribution in [-0.2, 0) is 11.8 Å². The highest BCUT2D eigenvalue weighted by atomic mass is 16.5. The summed E-state index contributed by atoms with van der Waals surface area (Å²) in [5.74, 6) is 0.523. The second kappa shape index (κ2) is 11.0. The first-order valence-corrected chi connectivity index (χ1v) is 14.8. The van der Waals surface area contributed by atoms with Gasteiger partial charge in [-0.1, -0.05) is 0 Å². The summed E-state index contributed by atoms with van der Waals surface area (Å²) in [6.07, 6.45) is 8.34. The lowest BCUT2D eigenvalue weighted by atomic mass is 10.1. The molecule has 6 heterocycles. The number of urea groups is 1. The molecule has 2 aromatic heterocycles. The highest BCUT2D eigenvalue weighted by molar-refractivity contribution is 6.16. The van der Waals surface area contributed by atoms with Gasteiger partial charge in [0.15, 0.2) is 5.76 Å². The van der Waals surface area contributed by atoms with Crippen molar-refractivity contribution in [1.82, 2.24) is 24.7 Å². The molecule has 0 saturated carbocycles. The van der Waals surface area contributed by atoms with Crippen LogP contribution in [0.4, 0.5) is 16.2 Å². The molecule has 2 bridgehead atoms. The van der Waals surface area contributed by atoms with Crippen molar-refractivity contribution in [2.75, 3.05) is 69.6 Å². The molecule has 3 aromatic rings. The van der Waals surface area contributed by atoms with Gasteiger partial charge in [0, 0.05) is 88.4 Å². The normalized spacial score (nSPS) is 23.4. The number of nitrogens with one attached hydrogen (secondary N) is 2. The maximum absolute atomic E-state index is 13.5. The number of hydrogen-bond acceptors (Lipinski definition) is 8. The number of Topliss-reactive ketones (excluding diaryl/α,β-unsaturated/α-hetero) is 1. The minimum atomic E-state index is -0.293. The molecule has 7 rings (SSSR count). The molecular weight excluding hydrogens is 534 g/mol. The minimum Gasteiger partial charge on any atom is -0.452 e. The Hall–Kier alpha value is -3.93. The Morgan fingerprint density at radius 2 is 1.88 bits per heavy atom. The Labute approximate surface area is 245 Å². The smallest absolute Gasteiger partial charge is 0.319 e. The average Bonchev–Trinajstić information content (AvgIpc) is 3.61. The van der Waals surface area contributed by atoms with Crippen molar-refractivity contribution in [2.24, 2.45) is 7.05 Å². The molecule has 4 aliphatic heterocycles. The van der Waals surface area contributed by atoms with E-state index in [4.69, 9.17) is 9.47 Å². The number of likely N-dealkylation sites (N-methyl/N-ethyl adjacent to an activating group) is 1. The molecule has 4 aliphatic rings. The third kappa shape index (κ3) is 5.23. The molecule has 42 heavy (non-hydrogen) atoms. The predicted molar refractivity (Wildman–Crippen MR) is 161 cm³/mol. The molecule has 2 unspecified atom stereocenters. The molecule has 1 aromatic carbocycles. The number of ether oxygens (including phenoxy) is 2. The maximum Gasteiger partial charge on any atom is 0.319 e. The van der Waals surface area contributed by atoms with E-state index in [2.05, 4.69) is 43.4 Å². The van der Waals surface area contributed by atoms with Crippen LogP contribution in [0.2, 0.25) is 0 Å². The third-order valence-electron chi connectivity index (χ3n) is 8.77. The lowest BCUT2D eigenvalue weighted by molar-refractivity contribution is 0.0306. The molecule has 2 amide bonds. The van der Waals surface area contributed by atoms with Gasteiger partial charge in [-0.3, -0.25) is 9.69 Å². The number of benzene rings is 1. The first-order valence-electron chi connectivity index (χ1n) is 14.8. The molecular formula is C31H37N7O4. The van der Waals surface area contributed by atoms with Gasteiger partial charge in [-0.25, -0.2) is 9.78 Å².